The molecule has 136 valence electrons. The fraction of sp³-hybridized carbons (Fsp3) is 0.150. The predicted octanol–water partition coefficient (Wildman–Crippen LogP) is 1.99. The summed E-state index contributed by atoms with van der Waals surface area (Å²) >= 11 is 2.68. The van der Waals surface area contributed by atoms with Gasteiger partial charge in [0.25, 0.3) is 11.5 Å². The molecule has 3 rings (SSSR count). The van der Waals surface area contributed by atoms with Crippen LogP contribution in [0.3, 0.4) is 0 Å². The van der Waals surface area contributed by atoms with E-state index in [0.717, 1.165) is 16.9 Å². The first kappa shape index (κ1) is 18.8. The minimum Gasteiger partial charge on any atom is -0.349 e. The molecule has 0 saturated carbocycles. The quantitative estimate of drug-likeness (QED) is 0.734. The second-order valence-corrected chi connectivity index (χ2v) is 7.87. The molecule has 1 N–H and O–H groups in total. The molecule has 0 bridgehead atoms. The Labute approximate surface area is 164 Å². The molecule has 27 heavy (non-hydrogen) atoms. The first-order valence-electron chi connectivity index (χ1n) is 8.27. The maximum Gasteiger partial charge on any atom is 0.273 e. The number of amides is 1. The lowest BCUT2D eigenvalue weighted by Gasteiger charge is -2.07. The van der Waals surface area contributed by atoms with Crippen molar-refractivity contribution in [1.82, 2.24) is 9.88 Å². The van der Waals surface area contributed by atoms with Crippen LogP contribution in [0.1, 0.15) is 19.4 Å². The molecule has 0 spiro atoms. The van der Waals surface area contributed by atoms with Gasteiger partial charge in [0.2, 0.25) is 0 Å². The van der Waals surface area contributed by atoms with Crippen molar-refractivity contribution in [3.8, 4) is 11.8 Å². The lowest BCUT2D eigenvalue weighted by Crippen LogP contribution is -2.36. The van der Waals surface area contributed by atoms with Gasteiger partial charge < -0.3 is 5.32 Å². The predicted molar refractivity (Wildman–Crippen MR) is 109 cm³/mol. The maximum absolute atomic E-state index is 13.1. The number of benzene rings is 1. The average Bonchev–Trinajstić information content (AvgIpc) is 3.25. The lowest BCUT2D eigenvalue weighted by molar-refractivity contribution is -0.116. The number of nitrogens with one attached hydrogen (secondary N) is 1. The number of nitrogens with zero attached hydrogens (tertiary/aromatic N) is 2. The zero-order valence-corrected chi connectivity index (χ0v) is 16.4. The molecule has 0 aliphatic rings. The van der Waals surface area contributed by atoms with E-state index in [1.807, 2.05) is 54.9 Å². The van der Waals surface area contributed by atoms with Gasteiger partial charge in [0.05, 0.1) is 10.2 Å². The average molecular weight is 396 g/mol. The topological polar surface area (TPSA) is 74.9 Å². The number of carbonyl (C=O) groups excluding carboxylic acids is 1. The molecule has 7 heteroatoms. The smallest absolute Gasteiger partial charge is 0.273 e. The molecule has 0 radical (unpaired) electrons. The van der Waals surface area contributed by atoms with Crippen molar-refractivity contribution in [3.63, 3.8) is 0 Å². The molecule has 0 fully saturated rings. The molecule has 1 aromatic carbocycles. The van der Waals surface area contributed by atoms with Gasteiger partial charge in [0.15, 0.2) is 5.57 Å². The Balaban J connectivity index is 2.36. The summed E-state index contributed by atoms with van der Waals surface area (Å²) < 4.78 is 2.23. The number of carbonyl (C=O) groups is 1. The molecule has 0 atom stereocenters. The van der Waals surface area contributed by atoms with Crippen molar-refractivity contribution in [2.24, 2.45) is 0 Å². The zero-order valence-electron chi connectivity index (χ0n) is 14.8. The highest BCUT2D eigenvalue weighted by atomic mass is 32.1. The van der Waals surface area contributed by atoms with E-state index in [0.29, 0.717) is 14.9 Å². The van der Waals surface area contributed by atoms with Gasteiger partial charge in [-0.3, -0.25) is 14.2 Å². The SMILES string of the molecule is CC(C)NC(=O)/C(C#N)=c1\s/c(=C\c2ccsc2)c(=O)n1-c1ccccc1. The van der Waals surface area contributed by atoms with Crippen LogP contribution in [0.5, 0.6) is 0 Å². The number of aromatic nitrogens is 1. The lowest BCUT2D eigenvalue weighted by atomic mass is 10.2. The Morgan fingerprint density at radius 3 is 2.59 bits per heavy atom. The molecule has 0 unspecified atom stereocenters. The number of rotatable bonds is 4. The zero-order chi connectivity index (χ0) is 19.4. The third kappa shape index (κ3) is 4.08. The van der Waals surface area contributed by atoms with E-state index in [9.17, 15) is 14.9 Å². The van der Waals surface area contributed by atoms with Gasteiger partial charge in [-0.05, 0) is 54.4 Å². The van der Waals surface area contributed by atoms with Crippen molar-refractivity contribution in [2.45, 2.75) is 19.9 Å². The van der Waals surface area contributed by atoms with Gasteiger partial charge in [0.1, 0.15) is 10.7 Å². The summed E-state index contributed by atoms with van der Waals surface area (Å²) in [5.74, 6) is -0.486. The van der Waals surface area contributed by atoms with Crippen LogP contribution < -0.4 is 20.1 Å². The Bertz CT molecular complexity index is 1160. The summed E-state index contributed by atoms with van der Waals surface area (Å²) in [4.78, 5) is 25.6. The summed E-state index contributed by atoms with van der Waals surface area (Å²) in [6.45, 7) is 3.64. The summed E-state index contributed by atoms with van der Waals surface area (Å²) in [5, 5.41) is 16.2. The van der Waals surface area contributed by atoms with Gasteiger partial charge in [-0.2, -0.15) is 16.6 Å². The van der Waals surface area contributed by atoms with Crippen LogP contribution in [-0.4, -0.2) is 16.5 Å². The molecule has 5 nitrogen and oxygen atoms in total. The molecule has 2 heterocycles. The summed E-state index contributed by atoms with van der Waals surface area (Å²) in [7, 11) is 0. The third-order valence-corrected chi connectivity index (χ3v) is 5.45. The van der Waals surface area contributed by atoms with Gasteiger partial charge >= 0.3 is 0 Å². The van der Waals surface area contributed by atoms with Crippen LogP contribution in [-0.2, 0) is 4.79 Å². The van der Waals surface area contributed by atoms with E-state index in [4.69, 9.17) is 0 Å². The molecule has 0 saturated heterocycles. The van der Waals surface area contributed by atoms with E-state index in [1.54, 1.807) is 18.2 Å². The highest BCUT2D eigenvalue weighted by Gasteiger charge is 2.17. The van der Waals surface area contributed by atoms with E-state index in [2.05, 4.69) is 5.32 Å². The number of thiophene rings is 1. The summed E-state index contributed by atoms with van der Waals surface area (Å²) in [5.41, 5.74) is 1.20. The monoisotopic (exact) mass is 395 g/mol. The summed E-state index contributed by atoms with van der Waals surface area (Å²) in [6.07, 6.45) is 1.78. The molecule has 0 aliphatic carbocycles. The van der Waals surface area contributed by atoms with Crippen LogP contribution in [0.2, 0.25) is 0 Å². The van der Waals surface area contributed by atoms with Crippen molar-refractivity contribution in [1.29, 1.82) is 5.26 Å². The van der Waals surface area contributed by atoms with Crippen molar-refractivity contribution >= 4 is 40.2 Å². The fourth-order valence-corrected chi connectivity index (χ4v) is 4.22. The number of para-hydroxylation sites is 1. The number of hydrogen-bond donors (Lipinski definition) is 1. The minimum absolute atomic E-state index is 0.0698. The molecule has 3 aromatic rings. The number of thiazole rings is 1. The Hall–Kier alpha value is -2.95. The van der Waals surface area contributed by atoms with Gasteiger partial charge in [0, 0.05) is 6.04 Å². The van der Waals surface area contributed by atoms with Crippen LogP contribution in [0.15, 0.2) is 52.0 Å². The molecular weight excluding hydrogens is 378 g/mol. The van der Waals surface area contributed by atoms with Gasteiger partial charge in [-0.15, -0.1) is 11.3 Å². The number of hydrogen-bond acceptors (Lipinski definition) is 5. The van der Waals surface area contributed by atoms with E-state index < -0.39 is 5.91 Å². The minimum atomic E-state index is -0.486. The van der Waals surface area contributed by atoms with E-state index >= 15 is 0 Å². The van der Waals surface area contributed by atoms with E-state index in [-0.39, 0.29) is 17.2 Å². The Morgan fingerprint density at radius 1 is 1.26 bits per heavy atom. The van der Waals surface area contributed by atoms with Crippen LogP contribution in [0.25, 0.3) is 17.3 Å². The van der Waals surface area contributed by atoms with Crippen molar-refractivity contribution < 1.29 is 4.79 Å². The standard InChI is InChI=1S/C20H17N3O2S2/c1-13(2)22-18(24)16(11-21)20-23(15-6-4-3-5-7-15)19(25)17(27-20)10-14-8-9-26-12-14/h3-10,12-13H,1-2H3,(H,22,24)/b17-10-,20-16-. The largest absolute Gasteiger partial charge is 0.349 e. The highest BCUT2D eigenvalue weighted by molar-refractivity contribution is 7.08. The van der Waals surface area contributed by atoms with Crippen LogP contribution in [0, 0.1) is 11.3 Å². The Morgan fingerprint density at radius 2 is 2.00 bits per heavy atom. The fourth-order valence-electron chi connectivity index (χ4n) is 2.50. The maximum atomic E-state index is 13.1. The normalized spacial score (nSPS) is 12.7. The van der Waals surface area contributed by atoms with E-state index in [1.165, 1.54) is 15.9 Å². The molecule has 1 amide bonds. The summed E-state index contributed by atoms with van der Waals surface area (Å²) in [6, 6.07) is 12.8. The molecular formula is C20H17N3O2S2. The first-order valence-corrected chi connectivity index (χ1v) is 10.0. The third-order valence-electron chi connectivity index (χ3n) is 3.65. The second kappa shape index (κ2) is 8.16. The Kier molecular flexibility index (Phi) is 5.69. The van der Waals surface area contributed by atoms with Gasteiger partial charge in [-0.25, -0.2) is 0 Å². The van der Waals surface area contributed by atoms with Crippen molar-refractivity contribution in [3.05, 3.63) is 72.3 Å². The molecule has 2 aromatic heterocycles. The van der Waals surface area contributed by atoms with Crippen LogP contribution in [0.4, 0.5) is 0 Å². The highest BCUT2D eigenvalue weighted by Crippen LogP contribution is 2.07. The number of nitriles is 1. The van der Waals surface area contributed by atoms with Gasteiger partial charge in [-0.1, -0.05) is 18.2 Å². The van der Waals surface area contributed by atoms with Crippen molar-refractivity contribution in [2.75, 3.05) is 0 Å². The first-order chi connectivity index (χ1) is 13.0. The van der Waals surface area contributed by atoms with Crippen LogP contribution >= 0.6 is 22.7 Å². The molecule has 0 aliphatic heterocycles. The second-order valence-electron chi connectivity index (χ2n) is 6.06.